The molecule has 1 saturated heterocycles. The minimum absolute atomic E-state index is 0.758. The second-order valence-corrected chi connectivity index (χ2v) is 5.60. The number of nitrogens with one attached hydrogen (secondary N) is 1. The molecular weight excluding hydrogens is 184 g/mol. The number of piperidine rings is 1. The largest absolute Gasteiger partial charge is 0.313 e. The Kier molecular flexibility index (Phi) is 4.04. The molecule has 2 aliphatic rings. The topological polar surface area (TPSA) is 15.3 Å². The lowest BCUT2D eigenvalue weighted by molar-refractivity contribution is 0.191. The van der Waals surface area contributed by atoms with E-state index in [0.717, 1.165) is 17.9 Å². The van der Waals surface area contributed by atoms with Gasteiger partial charge in [0.05, 0.1) is 0 Å². The van der Waals surface area contributed by atoms with Crippen LogP contribution in [0.1, 0.15) is 39.5 Å². The van der Waals surface area contributed by atoms with Gasteiger partial charge in [-0.1, -0.05) is 6.92 Å². The summed E-state index contributed by atoms with van der Waals surface area (Å²) in [5, 5.41) is 3.66. The summed E-state index contributed by atoms with van der Waals surface area (Å²) in [6.07, 6.45) is 5.71. The minimum atomic E-state index is 0.758. The van der Waals surface area contributed by atoms with E-state index in [1.807, 2.05) is 0 Å². The lowest BCUT2D eigenvalue weighted by atomic mass is 9.99. The summed E-state index contributed by atoms with van der Waals surface area (Å²) in [5.41, 5.74) is 0. The third-order valence-corrected chi connectivity index (χ3v) is 4.10. The highest BCUT2D eigenvalue weighted by Crippen LogP contribution is 2.32. The van der Waals surface area contributed by atoms with Crippen LogP contribution in [0.3, 0.4) is 0 Å². The van der Waals surface area contributed by atoms with E-state index in [1.54, 1.807) is 0 Å². The fourth-order valence-electron chi connectivity index (χ4n) is 2.50. The maximum absolute atomic E-state index is 3.66. The second-order valence-electron chi connectivity index (χ2n) is 5.60. The molecule has 0 spiro atoms. The fraction of sp³-hybridized carbons (Fsp3) is 1.00. The Bertz CT molecular complexity index is 181. The molecular formula is C13H26N2. The van der Waals surface area contributed by atoms with Gasteiger partial charge in [-0.2, -0.15) is 0 Å². The van der Waals surface area contributed by atoms with E-state index in [-0.39, 0.29) is 0 Å². The van der Waals surface area contributed by atoms with Crippen molar-refractivity contribution in [1.82, 2.24) is 10.2 Å². The summed E-state index contributed by atoms with van der Waals surface area (Å²) < 4.78 is 0. The maximum Gasteiger partial charge on any atom is 0.0107 e. The van der Waals surface area contributed by atoms with Gasteiger partial charge in [0.1, 0.15) is 0 Å². The van der Waals surface area contributed by atoms with Crippen molar-refractivity contribution in [3.63, 3.8) is 0 Å². The summed E-state index contributed by atoms with van der Waals surface area (Å²) in [4.78, 5) is 2.62. The summed E-state index contributed by atoms with van der Waals surface area (Å²) in [7, 11) is 0. The Morgan fingerprint density at radius 3 is 2.47 bits per heavy atom. The van der Waals surface area contributed by atoms with Crippen LogP contribution in [-0.4, -0.2) is 37.1 Å². The van der Waals surface area contributed by atoms with Gasteiger partial charge in [0, 0.05) is 19.1 Å². The molecule has 1 heterocycles. The van der Waals surface area contributed by atoms with Crippen LogP contribution in [0.2, 0.25) is 0 Å². The molecule has 0 aromatic heterocycles. The van der Waals surface area contributed by atoms with Crippen molar-refractivity contribution in [2.75, 3.05) is 26.2 Å². The number of nitrogens with zero attached hydrogens (tertiary/aromatic N) is 1. The number of hydrogen-bond donors (Lipinski definition) is 1. The van der Waals surface area contributed by atoms with Gasteiger partial charge in [-0.25, -0.2) is 0 Å². The highest BCUT2D eigenvalue weighted by molar-refractivity contribution is 4.83. The summed E-state index contributed by atoms with van der Waals surface area (Å²) in [6.45, 7) is 9.80. The molecule has 1 aliphatic carbocycles. The normalized spacial score (nSPS) is 26.8. The highest BCUT2D eigenvalue weighted by atomic mass is 15.1. The molecule has 1 N–H and O–H groups in total. The molecule has 0 aromatic carbocycles. The summed E-state index contributed by atoms with van der Waals surface area (Å²) in [6, 6.07) is 0.758. The average Bonchev–Trinajstić information content (AvgIpc) is 3.04. The Morgan fingerprint density at radius 2 is 1.87 bits per heavy atom. The van der Waals surface area contributed by atoms with Gasteiger partial charge in [0.25, 0.3) is 0 Å². The molecule has 2 fully saturated rings. The Labute approximate surface area is 94.4 Å². The molecule has 0 bridgehead atoms. The number of rotatable bonds is 5. The smallest absolute Gasteiger partial charge is 0.0107 e. The van der Waals surface area contributed by atoms with Crippen LogP contribution in [0.4, 0.5) is 0 Å². The number of hydrogen-bond acceptors (Lipinski definition) is 2. The van der Waals surface area contributed by atoms with Crippen molar-refractivity contribution in [2.45, 2.75) is 45.6 Å². The molecule has 1 unspecified atom stereocenters. The molecule has 0 amide bonds. The molecule has 88 valence electrons. The van der Waals surface area contributed by atoms with E-state index < -0.39 is 0 Å². The van der Waals surface area contributed by atoms with Crippen molar-refractivity contribution >= 4 is 0 Å². The van der Waals surface area contributed by atoms with Crippen LogP contribution >= 0.6 is 0 Å². The van der Waals surface area contributed by atoms with Crippen molar-refractivity contribution in [3.05, 3.63) is 0 Å². The van der Waals surface area contributed by atoms with Crippen LogP contribution in [-0.2, 0) is 0 Å². The van der Waals surface area contributed by atoms with E-state index >= 15 is 0 Å². The van der Waals surface area contributed by atoms with E-state index in [4.69, 9.17) is 0 Å². The van der Waals surface area contributed by atoms with E-state index in [9.17, 15) is 0 Å². The predicted octanol–water partition coefficient (Wildman–Crippen LogP) is 2.11. The quantitative estimate of drug-likeness (QED) is 0.747. The monoisotopic (exact) mass is 210 g/mol. The third-order valence-electron chi connectivity index (χ3n) is 4.10. The second kappa shape index (κ2) is 5.31. The minimum Gasteiger partial charge on any atom is -0.313 e. The molecule has 0 radical (unpaired) electrons. The summed E-state index contributed by atoms with van der Waals surface area (Å²) in [5.74, 6) is 1.95. The van der Waals surface area contributed by atoms with Crippen molar-refractivity contribution in [3.8, 4) is 0 Å². The Hall–Kier alpha value is -0.0800. The van der Waals surface area contributed by atoms with Crippen LogP contribution in [0.5, 0.6) is 0 Å². The molecule has 2 heteroatoms. The third kappa shape index (κ3) is 3.76. The highest BCUT2D eigenvalue weighted by Gasteiger charge is 2.27. The predicted molar refractivity (Wildman–Crippen MR) is 65.0 cm³/mol. The van der Waals surface area contributed by atoms with Crippen molar-refractivity contribution < 1.29 is 0 Å². The zero-order valence-corrected chi connectivity index (χ0v) is 10.3. The van der Waals surface area contributed by atoms with Gasteiger partial charge in [-0.3, -0.25) is 0 Å². The molecule has 0 aromatic rings. The molecule has 1 aliphatic heterocycles. The maximum atomic E-state index is 3.66. The van der Waals surface area contributed by atoms with Crippen molar-refractivity contribution in [1.29, 1.82) is 0 Å². The molecule has 1 saturated carbocycles. The average molecular weight is 210 g/mol. The zero-order chi connectivity index (χ0) is 10.7. The van der Waals surface area contributed by atoms with Gasteiger partial charge < -0.3 is 10.2 Å². The van der Waals surface area contributed by atoms with Crippen LogP contribution in [0, 0.1) is 11.8 Å². The summed E-state index contributed by atoms with van der Waals surface area (Å²) >= 11 is 0. The van der Waals surface area contributed by atoms with Crippen molar-refractivity contribution in [2.24, 2.45) is 11.8 Å². The fourth-order valence-corrected chi connectivity index (χ4v) is 2.50. The first-order valence-electron chi connectivity index (χ1n) is 6.71. The van der Waals surface area contributed by atoms with Crippen LogP contribution < -0.4 is 5.32 Å². The van der Waals surface area contributed by atoms with Gasteiger partial charge in [0.2, 0.25) is 0 Å². The van der Waals surface area contributed by atoms with E-state index in [2.05, 4.69) is 24.1 Å². The van der Waals surface area contributed by atoms with Gasteiger partial charge in [-0.15, -0.1) is 0 Å². The molecule has 15 heavy (non-hydrogen) atoms. The Balaban J connectivity index is 1.53. The van der Waals surface area contributed by atoms with Crippen LogP contribution in [0.15, 0.2) is 0 Å². The number of likely N-dealkylation sites (tertiary alicyclic amines) is 1. The van der Waals surface area contributed by atoms with Gasteiger partial charge in [-0.05, 0) is 57.5 Å². The molecule has 2 nitrogen and oxygen atoms in total. The molecule has 2 rings (SSSR count). The van der Waals surface area contributed by atoms with E-state index in [1.165, 1.54) is 51.9 Å². The molecule has 1 atom stereocenters. The van der Waals surface area contributed by atoms with Gasteiger partial charge >= 0.3 is 0 Å². The standard InChI is InChI=1S/C13H26N2/c1-11-5-8-15(9-6-11)10-7-14-12(2)13-3-4-13/h11-14H,3-10H2,1-2H3. The SMILES string of the molecule is CC1CCN(CCNC(C)C2CC2)CC1. The van der Waals surface area contributed by atoms with Gasteiger partial charge in [0.15, 0.2) is 0 Å². The zero-order valence-electron chi connectivity index (χ0n) is 10.3. The lowest BCUT2D eigenvalue weighted by Crippen LogP contribution is -2.40. The Morgan fingerprint density at radius 1 is 1.20 bits per heavy atom. The first-order chi connectivity index (χ1) is 7.25. The van der Waals surface area contributed by atoms with E-state index in [0.29, 0.717) is 0 Å². The first-order valence-corrected chi connectivity index (χ1v) is 6.71. The van der Waals surface area contributed by atoms with Crippen LogP contribution in [0.25, 0.3) is 0 Å². The lowest BCUT2D eigenvalue weighted by Gasteiger charge is -2.30. The first kappa shape index (κ1) is 11.4.